The number of halogens is 1. The molecule has 0 aliphatic carbocycles. The van der Waals surface area contributed by atoms with Gasteiger partial charge in [0.15, 0.2) is 0 Å². The summed E-state index contributed by atoms with van der Waals surface area (Å²) in [5.41, 5.74) is 0. The fraction of sp³-hybridized carbons (Fsp3) is 0.765. The van der Waals surface area contributed by atoms with Gasteiger partial charge in [0.2, 0.25) is 0 Å². The molecule has 0 radical (unpaired) electrons. The van der Waals surface area contributed by atoms with Crippen molar-refractivity contribution in [1.29, 1.82) is 0 Å². The van der Waals surface area contributed by atoms with Crippen LogP contribution < -0.4 is 18.6 Å². The Kier molecular flexibility index (Phi) is 91.5. The van der Waals surface area contributed by atoms with Gasteiger partial charge in [0, 0.05) is 20.4 Å². The molecular weight excluding hydrogens is 360 g/mol. The summed E-state index contributed by atoms with van der Waals surface area (Å²) in [5, 5.41) is 0. The Morgan fingerprint density at radius 2 is 0.850 bits per heavy atom. The smallest absolute Gasteiger partial charge is 0 e. The topological polar surface area (TPSA) is 36.5 Å². The van der Waals surface area contributed by atoms with Gasteiger partial charge < -0.3 is 47.8 Å². The Labute approximate surface area is 152 Å². The number of hydrogen-bond donors (Lipinski definition) is 1. The fourth-order valence-electron chi connectivity index (χ4n) is 1.84. The minimum atomic E-state index is 0. The minimum absolute atomic E-state index is 0. The molecule has 0 rings (SSSR count). The van der Waals surface area contributed by atoms with Crippen molar-refractivity contribution in [1.82, 2.24) is 6.15 Å². The minimum Gasteiger partial charge on any atom is -1.00 e. The zero-order valence-corrected chi connectivity index (χ0v) is 17.2. The van der Waals surface area contributed by atoms with E-state index in [1.807, 2.05) is 0 Å². The Morgan fingerprint density at radius 1 is 0.600 bits per heavy atom. The van der Waals surface area contributed by atoms with Crippen molar-refractivity contribution >= 4 is 0 Å². The van der Waals surface area contributed by atoms with Gasteiger partial charge in [-0.25, -0.2) is 0 Å². The standard InChI is InChI=1S/C14H29.3CH3.ClH.H3N.Pd/c1-3-5-7-9-11-13-14-12-10-8-6-4-2;;;;;;/h1,3-14H2,2H3;3*1H3;1H;1H3;/q4*-1;;;. The first-order valence-corrected chi connectivity index (χ1v) is 6.71. The van der Waals surface area contributed by atoms with Crippen molar-refractivity contribution in [3.8, 4) is 0 Å². The summed E-state index contributed by atoms with van der Waals surface area (Å²) >= 11 is 0. The van der Waals surface area contributed by atoms with Crippen LogP contribution in [0.1, 0.15) is 84.0 Å². The molecule has 136 valence electrons. The van der Waals surface area contributed by atoms with E-state index in [4.69, 9.17) is 0 Å². The predicted molar refractivity (Wildman–Crippen MR) is 91.7 cm³/mol. The third kappa shape index (κ3) is 42.8. The van der Waals surface area contributed by atoms with Crippen LogP contribution in [0.2, 0.25) is 0 Å². The number of rotatable bonds is 11. The van der Waals surface area contributed by atoms with Gasteiger partial charge in [-0.05, 0) is 0 Å². The van der Waals surface area contributed by atoms with Crippen LogP contribution in [-0.4, -0.2) is 0 Å². The molecule has 1 nitrogen and oxygen atoms in total. The third-order valence-electron chi connectivity index (χ3n) is 2.85. The number of unbranched alkanes of at least 4 members (excludes halogenated alkanes) is 11. The van der Waals surface area contributed by atoms with Crippen molar-refractivity contribution in [2.45, 2.75) is 84.0 Å². The van der Waals surface area contributed by atoms with Crippen molar-refractivity contribution in [2.24, 2.45) is 0 Å². The number of quaternary nitrogens is 1. The summed E-state index contributed by atoms with van der Waals surface area (Å²) < 4.78 is 0. The molecule has 0 aromatic heterocycles. The summed E-state index contributed by atoms with van der Waals surface area (Å²) in [6, 6.07) is 0. The Hall–Kier alpha value is 0.912. The van der Waals surface area contributed by atoms with Crippen LogP contribution in [0.4, 0.5) is 0 Å². The monoisotopic (exact) mass is 401 g/mol. The van der Waals surface area contributed by atoms with Crippen molar-refractivity contribution in [2.75, 3.05) is 0 Å². The van der Waals surface area contributed by atoms with E-state index in [0.29, 0.717) is 0 Å². The normalized spacial score (nSPS) is 7.50. The van der Waals surface area contributed by atoms with Gasteiger partial charge in [-0.1, -0.05) is 77.6 Å². The molecule has 0 bridgehead atoms. The summed E-state index contributed by atoms with van der Waals surface area (Å²) in [7, 11) is 0. The SMILES string of the molecule is [CH2-]CCCCCCCCCCCCC.[CH3-].[CH3-].[CH3-].[Cl-].[NH4+].[Pd]. The second-order valence-electron chi connectivity index (χ2n) is 4.39. The molecule has 0 aromatic rings. The quantitative estimate of drug-likeness (QED) is 0.305. The Bertz CT molecular complexity index is 91.0. The fourth-order valence-corrected chi connectivity index (χ4v) is 1.84. The van der Waals surface area contributed by atoms with Crippen LogP contribution in [0.3, 0.4) is 0 Å². The summed E-state index contributed by atoms with van der Waals surface area (Å²) in [6.07, 6.45) is 16.9. The average molecular weight is 402 g/mol. The van der Waals surface area contributed by atoms with E-state index < -0.39 is 0 Å². The molecule has 0 saturated heterocycles. The molecule has 0 fully saturated rings. The van der Waals surface area contributed by atoms with Gasteiger partial charge in [-0.3, -0.25) is 0 Å². The zero-order valence-electron chi connectivity index (χ0n) is 14.9. The van der Waals surface area contributed by atoms with Crippen LogP contribution in [0.5, 0.6) is 0 Å². The third-order valence-corrected chi connectivity index (χ3v) is 2.85. The van der Waals surface area contributed by atoms with Gasteiger partial charge in [-0.15, -0.1) is 0 Å². The van der Waals surface area contributed by atoms with E-state index in [9.17, 15) is 0 Å². The van der Waals surface area contributed by atoms with Crippen LogP contribution in [0.15, 0.2) is 0 Å². The maximum atomic E-state index is 3.86. The average Bonchev–Trinajstić information content (AvgIpc) is 2.21. The molecule has 3 heteroatoms. The maximum Gasteiger partial charge on any atom is 0 e. The summed E-state index contributed by atoms with van der Waals surface area (Å²) in [4.78, 5) is 0. The van der Waals surface area contributed by atoms with Gasteiger partial charge in [0.25, 0.3) is 0 Å². The molecule has 0 heterocycles. The second-order valence-corrected chi connectivity index (χ2v) is 4.39. The second kappa shape index (κ2) is 42.7. The molecule has 4 N–H and O–H groups in total. The van der Waals surface area contributed by atoms with Crippen LogP contribution >= 0.6 is 0 Å². The first kappa shape index (κ1) is 42.8. The molecule has 20 heavy (non-hydrogen) atoms. The Morgan fingerprint density at radius 3 is 1.10 bits per heavy atom. The van der Waals surface area contributed by atoms with Crippen molar-refractivity contribution < 1.29 is 32.8 Å². The molecule has 0 aromatic carbocycles. The first-order chi connectivity index (χ1) is 6.91. The molecular formula is C17H42ClNPd-4. The zero-order chi connectivity index (χ0) is 10.5. The maximum absolute atomic E-state index is 3.86. The number of hydrogen-bond acceptors (Lipinski definition) is 0. The van der Waals surface area contributed by atoms with Crippen LogP contribution in [-0.2, 0) is 20.4 Å². The van der Waals surface area contributed by atoms with Gasteiger partial charge >= 0.3 is 0 Å². The summed E-state index contributed by atoms with van der Waals surface area (Å²) in [5.74, 6) is 0. The summed E-state index contributed by atoms with van der Waals surface area (Å²) in [6.45, 7) is 6.14. The predicted octanol–water partition coefficient (Wildman–Crippen LogP) is 4.25. The van der Waals surface area contributed by atoms with Crippen LogP contribution in [0.25, 0.3) is 0 Å². The van der Waals surface area contributed by atoms with E-state index in [1.165, 1.54) is 70.6 Å². The van der Waals surface area contributed by atoms with Gasteiger partial charge in [0.1, 0.15) is 0 Å². The van der Waals surface area contributed by atoms with E-state index in [2.05, 4.69) is 13.8 Å². The first-order valence-electron chi connectivity index (χ1n) is 6.71. The van der Waals surface area contributed by atoms with E-state index in [-0.39, 0.29) is 61.3 Å². The molecule has 0 aliphatic rings. The molecule has 0 aliphatic heterocycles. The van der Waals surface area contributed by atoms with E-state index in [1.54, 1.807) is 0 Å². The van der Waals surface area contributed by atoms with E-state index in [0.717, 1.165) is 6.42 Å². The molecule has 0 saturated carbocycles. The molecule has 0 unspecified atom stereocenters. The van der Waals surface area contributed by atoms with Crippen molar-refractivity contribution in [3.05, 3.63) is 29.2 Å². The molecule has 0 amide bonds. The Balaban J connectivity index is -0.0000000563. The van der Waals surface area contributed by atoms with Gasteiger partial charge in [-0.2, -0.15) is 6.42 Å². The van der Waals surface area contributed by atoms with Gasteiger partial charge in [0.05, 0.1) is 0 Å². The molecule has 0 atom stereocenters. The van der Waals surface area contributed by atoms with Crippen LogP contribution in [0, 0.1) is 29.2 Å². The molecule has 0 spiro atoms. The van der Waals surface area contributed by atoms with Crippen molar-refractivity contribution in [3.63, 3.8) is 0 Å². The largest absolute Gasteiger partial charge is 1.00 e. The van der Waals surface area contributed by atoms with E-state index >= 15 is 0 Å².